The van der Waals surface area contributed by atoms with Crippen molar-refractivity contribution >= 4 is 11.9 Å². The van der Waals surface area contributed by atoms with Gasteiger partial charge in [0.15, 0.2) is 0 Å². The van der Waals surface area contributed by atoms with E-state index in [1.807, 2.05) is 11.9 Å². The van der Waals surface area contributed by atoms with Crippen molar-refractivity contribution in [1.29, 1.82) is 0 Å². The van der Waals surface area contributed by atoms with Crippen molar-refractivity contribution in [2.24, 2.45) is 5.73 Å². The van der Waals surface area contributed by atoms with Crippen LogP contribution in [0.3, 0.4) is 0 Å². The van der Waals surface area contributed by atoms with E-state index in [1.165, 1.54) is 5.56 Å². The number of carbonyl (C=O) groups is 2. The molecule has 0 fully saturated rings. The first-order chi connectivity index (χ1) is 9.31. The van der Waals surface area contributed by atoms with Crippen LogP contribution in [0.1, 0.15) is 37.8 Å². The van der Waals surface area contributed by atoms with Crippen LogP contribution in [-0.4, -0.2) is 29.9 Å². The summed E-state index contributed by atoms with van der Waals surface area (Å²) in [5.74, 6) is 0.112. The minimum absolute atomic E-state index is 0.390. The van der Waals surface area contributed by atoms with Gasteiger partial charge in [0.05, 0.1) is 6.04 Å². The Morgan fingerprint density at radius 2 is 1.75 bits per heavy atom. The summed E-state index contributed by atoms with van der Waals surface area (Å²) in [5.41, 5.74) is 7.35. The number of likely N-dealkylation sites (N-methyl/N-ethyl adjacent to an activating group) is 1. The van der Waals surface area contributed by atoms with Crippen molar-refractivity contribution in [3.05, 3.63) is 35.4 Å². The smallest absolute Gasteiger partial charge is 0.318 e. The highest BCUT2D eigenvalue weighted by Gasteiger charge is 2.19. The van der Waals surface area contributed by atoms with Gasteiger partial charge in [-0.15, -0.1) is 0 Å². The van der Waals surface area contributed by atoms with Gasteiger partial charge >= 0.3 is 6.03 Å². The van der Waals surface area contributed by atoms with Crippen LogP contribution >= 0.6 is 0 Å². The second-order valence-electron chi connectivity index (χ2n) is 5.34. The molecule has 0 bridgehead atoms. The molecule has 0 aliphatic heterocycles. The van der Waals surface area contributed by atoms with Crippen LogP contribution < -0.4 is 11.1 Å². The van der Waals surface area contributed by atoms with E-state index in [0.29, 0.717) is 12.5 Å². The number of primary amides is 1. The van der Waals surface area contributed by atoms with Crippen LogP contribution in [0.5, 0.6) is 0 Å². The molecule has 0 aromatic heterocycles. The number of nitrogens with zero attached hydrogens (tertiary/aromatic N) is 1. The number of hydrogen-bond donors (Lipinski definition) is 2. The first kappa shape index (κ1) is 16.2. The number of hydrogen-bond acceptors (Lipinski definition) is 3. The van der Waals surface area contributed by atoms with E-state index in [1.54, 1.807) is 6.92 Å². The molecule has 3 amide bonds. The Hall–Kier alpha value is -1.88. The lowest BCUT2D eigenvalue weighted by atomic mass is 10.0. The third-order valence-corrected chi connectivity index (χ3v) is 3.37. The molecule has 1 aromatic rings. The zero-order valence-corrected chi connectivity index (χ0v) is 12.5. The minimum atomic E-state index is -0.823. The van der Waals surface area contributed by atoms with Crippen molar-refractivity contribution in [3.63, 3.8) is 0 Å². The summed E-state index contributed by atoms with van der Waals surface area (Å²) in [6.45, 7) is 6.67. The quantitative estimate of drug-likeness (QED) is 0.862. The Labute approximate surface area is 120 Å². The van der Waals surface area contributed by atoms with E-state index < -0.39 is 12.1 Å². The fourth-order valence-corrected chi connectivity index (χ4v) is 1.86. The zero-order chi connectivity index (χ0) is 15.3. The Bertz CT molecular complexity index is 469. The van der Waals surface area contributed by atoms with Crippen molar-refractivity contribution in [3.8, 4) is 0 Å². The van der Waals surface area contributed by atoms with E-state index in [4.69, 9.17) is 5.73 Å². The van der Waals surface area contributed by atoms with Gasteiger partial charge in [0.25, 0.3) is 0 Å². The summed E-state index contributed by atoms with van der Waals surface area (Å²) in [5, 5.41) is 2.09. The molecule has 0 heterocycles. The van der Waals surface area contributed by atoms with Gasteiger partial charge in [0.1, 0.15) is 0 Å². The summed E-state index contributed by atoms with van der Waals surface area (Å²) in [6, 6.07) is 7.07. The predicted molar refractivity (Wildman–Crippen MR) is 79.2 cm³/mol. The van der Waals surface area contributed by atoms with E-state index in [9.17, 15) is 9.59 Å². The molecule has 0 saturated carbocycles. The molecule has 0 aliphatic rings. The summed E-state index contributed by atoms with van der Waals surface area (Å²) in [4.78, 5) is 24.2. The van der Waals surface area contributed by atoms with Gasteiger partial charge < -0.3 is 5.73 Å². The molecular weight excluding hydrogens is 254 g/mol. The molecule has 110 valence electrons. The molecule has 0 spiro atoms. The lowest BCUT2D eigenvalue weighted by molar-refractivity contribution is -0.124. The number of rotatable bonds is 5. The fraction of sp³-hybridized carbons (Fsp3) is 0.467. The van der Waals surface area contributed by atoms with Crippen molar-refractivity contribution in [2.45, 2.75) is 39.3 Å². The second kappa shape index (κ2) is 7.05. The minimum Gasteiger partial charge on any atom is -0.351 e. The van der Waals surface area contributed by atoms with Crippen LogP contribution in [0.4, 0.5) is 4.79 Å². The van der Waals surface area contributed by atoms with Gasteiger partial charge in [-0.3, -0.25) is 15.0 Å². The first-order valence-electron chi connectivity index (χ1n) is 6.70. The van der Waals surface area contributed by atoms with Crippen LogP contribution in [-0.2, 0) is 11.3 Å². The molecule has 5 heteroatoms. The van der Waals surface area contributed by atoms with Crippen LogP contribution in [0.15, 0.2) is 24.3 Å². The average molecular weight is 277 g/mol. The summed E-state index contributed by atoms with van der Waals surface area (Å²) >= 11 is 0. The molecule has 1 atom stereocenters. The van der Waals surface area contributed by atoms with Crippen molar-refractivity contribution in [2.75, 3.05) is 7.05 Å². The molecule has 1 aromatic carbocycles. The van der Waals surface area contributed by atoms with Gasteiger partial charge in [-0.05, 0) is 31.0 Å². The van der Waals surface area contributed by atoms with Crippen LogP contribution in [0.2, 0.25) is 0 Å². The Kier molecular flexibility index (Phi) is 5.70. The lowest BCUT2D eigenvalue weighted by Crippen LogP contribution is -2.46. The maximum Gasteiger partial charge on any atom is 0.318 e. The van der Waals surface area contributed by atoms with E-state index in [-0.39, 0.29) is 5.91 Å². The Morgan fingerprint density at radius 1 is 1.20 bits per heavy atom. The van der Waals surface area contributed by atoms with Gasteiger partial charge in [0, 0.05) is 6.54 Å². The number of imide groups is 1. The van der Waals surface area contributed by atoms with Crippen LogP contribution in [0, 0.1) is 0 Å². The molecule has 1 rings (SSSR count). The number of nitrogens with one attached hydrogen (secondary N) is 1. The monoisotopic (exact) mass is 277 g/mol. The molecule has 0 radical (unpaired) electrons. The third kappa shape index (κ3) is 4.66. The first-order valence-corrected chi connectivity index (χ1v) is 6.70. The molecule has 5 nitrogen and oxygen atoms in total. The van der Waals surface area contributed by atoms with E-state index in [0.717, 1.165) is 5.56 Å². The molecule has 0 unspecified atom stereocenters. The average Bonchev–Trinajstić information content (AvgIpc) is 2.37. The SMILES string of the molecule is CC(C)c1ccc(CN(C)[C@@H](C)C(=O)NC(N)=O)cc1. The highest BCUT2D eigenvalue weighted by molar-refractivity contribution is 5.96. The number of nitrogens with two attached hydrogens (primary N) is 1. The highest BCUT2D eigenvalue weighted by Crippen LogP contribution is 2.15. The second-order valence-corrected chi connectivity index (χ2v) is 5.34. The largest absolute Gasteiger partial charge is 0.351 e. The normalized spacial score (nSPS) is 12.5. The molecule has 3 N–H and O–H groups in total. The molecule has 0 aliphatic carbocycles. The zero-order valence-electron chi connectivity index (χ0n) is 12.5. The molecular formula is C15H23N3O2. The van der Waals surface area contributed by atoms with Gasteiger partial charge in [-0.25, -0.2) is 4.79 Å². The van der Waals surface area contributed by atoms with E-state index >= 15 is 0 Å². The summed E-state index contributed by atoms with van der Waals surface area (Å²) in [6.07, 6.45) is 0. The van der Waals surface area contributed by atoms with Gasteiger partial charge in [-0.2, -0.15) is 0 Å². The predicted octanol–water partition coefficient (Wildman–Crippen LogP) is 1.83. The van der Waals surface area contributed by atoms with Gasteiger partial charge in [-0.1, -0.05) is 38.1 Å². The lowest BCUT2D eigenvalue weighted by Gasteiger charge is -2.23. The third-order valence-electron chi connectivity index (χ3n) is 3.37. The fourth-order valence-electron chi connectivity index (χ4n) is 1.86. The number of urea groups is 1. The number of amides is 3. The highest BCUT2D eigenvalue weighted by atomic mass is 16.2. The van der Waals surface area contributed by atoms with Crippen molar-refractivity contribution < 1.29 is 9.59 Å². The summed E-state index contributed by atoms with van der Waals surface area (Å²) in [7, 11) is 1.83. The van der Waals surface area contributed by atoms with Crippen molar-refractivity contribution in [1.82, 2.24) is 10.2 Å². The standard InChI is InChI=1S/C15H23N3O2/c1-10(2)13-7-5-12(6-8-13)9-18(4)11(3)14(19)17-15(16)20/h5-8,10-11H,9H2,1-4H3,(H3,16,17,19,20)/t11-/m0/s1. The maximum absolute atomic E-state index is 11.7. The van der Waals surface area contributed by atoms with Gasteiger partial charge in [0.2, 0.25) is 5.91 Å². The topological polar surface area (TPSA) is 75.4 Å². The van der Waals surface area contributed by atoms with Crippen LogP contribution in [0.25, 0.3) is 0 Å². The maximum atomic E-state index is 11.7. The number of benzene rings is 1. The summed E-state index contributed by atoms with van der Waals surface area (Å²) < 4.78 is 0. The molecule has 0 saturated heterocycles. The Morgan fingerprint density at radius 3 is 2.20 bits per heavy atom. The van der Waals surface area contributed by atoms with E-state index in [2.05, 4.69) is 43.4 Å². The Balaban J connectivity index is 2.63. The molecule has 20 heavy (non-hydrogen) atoms. The number of carbonyl (C=O) groups excluding carboxylic acids is 2.